The highest BCUT2D eigenvalue weighted by molar-refractivity contribution is 9.10. The number of fused-ring (bicyclic) bond motifs is 1. The Kier molecular flexibility index (Phi) is 3.43. The van der Waals surface area contributed by atoms with Crippen LogP contribution >= 0.6 is 15.9 Å². The molecule has 3 aromatic rings. The minimum atomic E-state index is -0.641. The summed E-state index contributed by atoms with van der Waals surface area (Å²) in [5.41, 5.74) is 8.29. The van der Waals surface area contributed by atoms with Crippen LogP contribution in [0.4, 0.5) is 4.39 Å². The first kappa shape index (κ1) is 14.0. The summed E-state index contributed by atoms with van der Waals surface area (Å²) in [6.07, 6.45) is 0. The van der Waals surface area contributed by atoms with Gasteiger partial charge in [0, 0.05) is 12.6 Å². The molecular formula is C15H12BrFN2O2. The second-order valence-electron chi connectivity index (χ2n) is 4.77. The molecule has 6 heteroatoms. The van der Waals surface area contributed by atoms with E-state index in [2.05, 4.69) is 15.9 Å². The van der Waals surface area contributed by atoms with Gasteiger partial charge >= 0.3 is 5.76 Å². The summed E-state index contributed by atoms with van der Waals surface area (Å²) in [5.74, 6) is -0.830. The molecule has 1 heterocycles. The maximum absolute atomic E-state index is 14.1. The molecule has 0 aliphatic heterocycles. The van der Waals surface area contributed by atoms with E-state index in [-0.39, 0.29) is 5.82 Å². The fourth-order valence-corrected chi connectivity index (χ4v) is 2.67. The Hall–Kier alpha value is -1.92. The first-order valence-electron chi connectivity index (χ1n) is 6.28. The van der Waals surface area contributed by atoms with Crippen LogP contribution in [0.1, 0.15) is 17.2 Å². The van der Waals surface area contributed by atoms with E-state index in [4.69, 9.17) is 10.2 Å². The average molecular weight is 351 g/mol. The number of hydrogen-bond donors (Lipinski definition) is 1. The van der Waals surface area contributed by atoms with Gasteiger partial charge in [0.25, 0.3) is 0 Å². The van der Waals surface area contributed by atoms with E-state index in [0.717, 1.165) is 0 Å². The van der Waals surface area contributed by atoms with Crippen molar-refractivity contribution in [2.24, 2.45) is 12.8 Å². The molecule has 1 atom stereocenters. The zero-order chi connectivity index (χ0) is 15.1. The van der Waals surface area contributed by atoms with Crippen molar-refractivity contribution in [1.29, 1.82) is 0 Å². The molecule has 21 heavy (non-hydrogen) atoms. The molecule has 2 N–H and O–H groups in total. The number of hydrogen-bond acceptors (Lipinski definition) is 3. The molecule has 0 amide bonds. The number of halogens is 2. The Balaban J connectivity index is 2.11. The number of nitrogens with two attached hydrogens (primary N) is 1. The van der Waals surface area contributed by atoms with Crippen LogP contribution in [0.3, 0.4) is 0 Å². The molecule has 1 aromatic heterocycles. The molecule has 4 nitrogen and oxygen atoms in total. The number of aryl methyl sites for hydroxylation is 1. The van der Waals surface area contributed by atoms with Crippen LogP contribution in [0.15, 0.2) is 50.1 Å². The third kappa shape index (κ3) is 2.30. The summed E-state index contributed by atoms with van der Waals surface area (Å²) < 4.78 is 21.0. The fraction of sp³-hybridized carbons (Fsp3) is 0.133. The van der Waals surface area contributed by atoms with E-state index < -0.39 is 11.8 Å². The molecule has 0 spiro atoms. The van der Waals surface area contributed by atoms with Gasteiger partial charge in [0.05, 0.1) is 16.0 Å². The van der Waals surface area contributed by atoms with E-state index in [1.807, 2.05) is 0 Å². The zero-order valence-corrected chi connectivity index (χ0v) is 12.7. The number of benzene rings is 2. The van der Waals surface area contributed by atoms with Crippen LogP contribution in [-0.2, 0) is 7.05 Å². The van der Waals surface area contributed by atoms with E-state index in [0.29, 0.717) is 26.7 Å². The molecule has 0 saturated heterocycles. The molecular weight excluding hydrogens is 339 g/mol. The van der Waals surface area contributed by atoms with Gasteiger partial charge in [0.2, 0.25) is 0 Å². The number of nitrogens with zero attached hydrogens (tertiary/aromatic N) is 1. The van der Waals surface area contributed by atoms with Crippen molar-refractivity contribution in [1.82, 2.24) is 4.57 Å². The van der Waals surface area contributed by atoms with Crippen molar-refractivity contribution in [3.05, 3.63) is 68.4 Å². The molecule has 3 rings (SSSR count). The fourth-order valence-electron chi connectivity index (χ4n) is 2.28. The standard InChI is InChI=1S/C15H12BrFN2O2/c1-19-11-6-5-8(7-12(11)21-15(19)20)14(18)9-3-2-4-10(16)13(9)17/h2-7,14H,18H2,1H3. The Labute approximate surface area is 128 Å². The van der Waals surface area contributed by atoms with Gasteiger partial charge in [-0.15, -0.1) is 0 Å². The monoisotopic (exact) mass is 350 g/mol. The number of oxazole rings is 1. The van der Waals surface area contributed by atoms with Crippen LogP contribution in [0.2, 0.25) is 0 Å². The maximum Gasteiger partial charge on any atom is 0.419 e. The lowest BCUT2D eigenvalue weighted by Crippen LogP contribution is -2.13. The van der Waals surface area contributed by atoms with Gasteiger partial charge < -0.3 is 10.2 Å². The van der Waals surface area contributed by atoms with Crippen LogP contribution in [0.5, 0.6) is 0 Å². The maximum atomic E-state index is 14.1. The van der Waals surface area contributed by atoms with Gasteiger partial charge in [-0.2, -0.15) is 0 Å². The topological polar surface area (TPSA) is 61.2 Å². The quantitative estimate of drug-likeness (QED) is 0.772. The third-order valence-electron chi connectivity index (χ3n) is 3.49. The zero-order valence-electron chi connectivity index (χ0n) is 11.1. The third-order valence-corrected chi connectivity index (χ3v) is 4.10. The summed E-state index contributed by atoms with van der Waals surface area (Å²) in [4.78, 5) is 11.5. The molecule has 0 fully saturated rings. The summed E-state index contributed by atoms with van der Waals surface area (Å²) in [5, 5.41) is 0. The molecule has 0 aliphatic rings. The number of aromatic nitrogens is 1. The lowest BCUT2D eigenvalue weighted by molar-refractivity contribution is 0.527. The van der Waals surface area contributed by atoms with E-state index in [1.165, 1.54) is 4.57 Å². The second kappa shape index (κ2) is 5.13. The predicted molar refractivity (Wildman–Crippen MR) is 81.6 cm³/mol. The van der Waals surface area contributed by atoms with Gasteiger partial charge in [0.1, 0.15) is 5.82 Å². The van der Waals surface area contributed by atoms with E-state index in [9.17, 15) is 9.18 Å². The summed E-state index contributed by atoms with van der Waals surface area (Å²) in [6.45, 7) is 0. The van der Waals surface area contributed by atoms with Crippen LogP contribution in [0, 0.1) is 5.82 Å². The molecule has 1 unspecified atom stereocenters. The van der Waals surface area contributed by atoms with Crippen molar-refractivity contribution >= 4 is 27.0 Å². The highest BCUT2D eigenvalue weighted by Gasteiger charge is 2.17. The Morgan fingerprint density at radius 2 is 2.10 bits per heavy atom. The van der Waals surface area contributed by atoms with E-state index in [1.54, 1.807) is 43.4 Å². The van der Waals surface area contributed by atoms with Gasteiger partial charge in [-0.1, -0.05) is 18.2 Å². The number of rotatable bonds is 2. The summed E-state index contributed by atoms with van der Waals surface area (Å²) in [6, 6.07) is 9.51. The minimum Gasteiger partial charge on any atom is -0.408 e. The molecule has 2 aromatic carbocycles. The van der Waals surface area contributed by atoms with Gasteiger partial charge in [-0.05, 0) is 39.7 Å². The van der Waals surface area contributed by atoms with Crippen LogP contribution in [0.25, 0.3) is 11.1 Å². The molecule has 0 radical (unpaired) electrons. The van der Waals surface area contributed by atoms with Gasteiger partial charge in [0.15, 0.2) is 5.58 Å². The van der Waals surface area contributed by atoms with Crippen molar-refractivity contribution in [3.63, 3.8) is 0 Å². The van der Waals surface area contributed by atoms with Gasteiger partial charge in [-0.25, -0.2) is 9.18 Å². The second-order valence-corrected chi connectivity index (χ2v) is 5.63. The highest BCUT2D eigenvalue weighted by Crippen LogP contribution is 2.28. The van der Waals surface area contributed by atoms with Crippen molar-refractivity contribution in [2.75, 3.05) is 0 Å². The molecule has 0 aliphatic carbocycles. The Morgan fingerprint density at radius 3 is 2.86 bits per heavy atom. The SMILES string of the molecule is Cn1c(=O)oc2cc(C(N)c3cccc(Br)c3F)ccc21. The average Bonchev–Trinajstić information content (AvgIpc) is 2.76. The van der Waals surface area contributed by atoms with Crippen molar-refractivity contribution in [2.45, 2.75) is 6.04 Å². The lowest BCUT2D eigenvalue weighted by Gasteiger charge is -2.14. The first-order valence-corrected chi connectivity index (χ1v) is 7.07. The summed E-state index contributed by atoms with van der Waals surface area (Å²) >= 11 is 3.15. The normalized spacial score (nSPS) is 12.8. The van der Waals surface area contributed by atoms with Crippen LogP contribution < -0.4 is 11.5 Å². The minimum absolute atomic E-state index is 0.364. The molecule has 108 valence electrons. The highest BCUT2D eigenvalue weighted by atomic mass is 79.9. The Morgan fingerprint density at radius 1 is 1.33 bits per heavy atom. The molecule has 0 saturated carbocycles. The smallest absolute Gasteiger partial charge is 0.408 e. The van der Waals surface area contributed by atoms with Crippen molar-refractivity contribution < 1.29 is 8.81 Å². The van der Waals surface area contributed by atoms with Crippen molar-refractivity contribution in [3.8, 4) is 0 Å². The molecule has 0 bridgehead atoms. The largest absolute Gasteiger partial charge is 0.419 e. The van der Waals surface area contributed by atoms with E-state index >= 15 is 0 Å². The lowest BCUT2D eigenvalue weighted by atomic mass is 9.99. The predicted octanol–water partition coefficient (Wildman–Crippen LogP) is 3.08. The first-order chi connectivity index (χ1) is 9.99. The van der Waals surface area contributed by atoms with Crippen LogP contribution in [-0.4, -0.2) is 4.57 Å². The van der Waals surface area contributed by atoms with Gasteiger partial charge in [-0.3, -0.25) is 4.57 Å². The summed E-state index contributed by atoms with van der Waals surface area (Å²) in [7, 11) is 1.63. The Bertz CT molecular complexity index is 885.